The zero-order valence-electron chi connectivity index (χ0n) is 15.6. The van der Waals surface area contributed by atoms with E-state index in [1.54, 1.807) is 24.3 Å². The first-order valence-electron chi connectivity index (χ1n) is 9.19. The number of H-pyrrole nitrogens is 1. The zero-order chi connectivity index (χ0) is 21.3. The molecule has 1 saturated carbocycles. The van der Waals surface area contributed by atoms with Crippen molar-refractivity contribution >= 4 is 32.7 Å². The van der Waals surface area contributed by atoms with Crippen molar-refractivity contribution in [3.05, 3.63) is 76.1 Å². The Kier molecular flexibility index (Phi) is 5.10. The van der Waals surface area contributed by atoms with Crippen LogP contribution in [0.4, 0.5) is 0 Å². The molecule has 1 aliphatic rings. The molecule has 10 heteroatoms. The molecular formula is C20H18N4O5S. The standard InChI is InChI=1S/C20H18N4O5S/c25-18-15-3-1-2-4-17(15)21-11-16(18)20(27)23-22-19(26)12-5-9-14(10-6-12)30(28,29)24-13-7-8-13/h1-6,9-11,13,24H,7-8H2,(H,21,25)(H,22,26)(H,23,27). The normalized spacial score (nSPS) is 13.7. The zero-order valence-corrected chi connectivity index (χ0v) is 16.5. The predicted octanol–water partition coefficient (Wildman–Crippen LogP) is 1.04. The van der Waals surface area contributed by atoms with Crippen molar-refractivity contribution < 1.29 is 18.0 Å². The van der Waals surface area contributed by atoms with Crippen LogP contribution in [0, 0.1) is 0 Å². The number of amides is 2. The quantitative estimate of drug-likeness (QED) is 0.452. The number of hydrogen-bond acceptors (Lipinski definition) is 5. The van der Waals surface area contributed by atoms with Gasteiger partial charge in [0.2, 0.25) is 15.5 Å². The van der Waals surface area contributed by atoms with Gasteiger partial charge in [0.25, 0.3) is 11.8 Å². The third-order valence-electron chi connectivity index (χ3n) is 4.65. The van der Waals surface area contributed by atoms with Gasteiger partial charge in [-0.2, -0.15) is 0 Å². The molecule has 1 aromatic heterocycles. The maximum Gasteiger partial charge on any atom is 0.275 e. The molecular weight excluding hydrogens is 408 g/mol. The summed E-state index contributed by atoms with van der Waals surface area (Å²) in [6.45, 7) is 0. The highest BCUT2D eigenvalue weighted by atomic mass is 32.2. The van der Waals surface area contributed by atoms with Gasteiger partial charge in [0.1, 0.15) is 5.56 Å². The number of aromatic amines is 1. The van der Waals surface area contributed by atoms with E-state index in [1.807, 2.05) is 0 Å². The minimum absolute atomic E-state index is 0.0218. The van der Waals surface area contributed by atoms with Gasteiger partial charge in [-0.15, -0.1) is 0 Å². The van der Waals surface area contributed by atoms with Crippen molar-refractivity contribution in [2.45, 2.75) is 23.8 Å². The van der Waals surface area contributed by atoms with Gasteiger partial charge in [0, 0.05) is 28.7 Å². The van der Waals surface area contributed by atoms with Crippen molar-refractivity contribution in [3.63, 3.8) is 0 Å². The molecule has 2 aromatic carbocycles. The predicted molar refractivity (Wildman–Crippen MR) is 109 cm³/mol. The molecule has 0 spiro atoms. The lowest BCUT2D eigenvalue weighted by Gasteiger charge is -2.09. The first-order chi connectivity index (χ1) is 14.3. The summed E-state index contributed by atoms with van der Waals surface area (Å²) in [5.74, 6) is -1.43. The molecule has 0 saturated heterocycles. The Bertz CT molecular complexity index is 1290. The molecule has 3 aromatic rings. The largest absolute Gasteiger partial charge is 0.360 e. The minimum Gasteiger partial charge on any atom is -0.360 e. The molecule has 2 amide bonds. The highest BCUT2D eigenvalue weighted by Crippen LogP contribution is 2.22. The lowest BCUT2D eigenvalue weighted by atomic mass is 10.1. The van der Waals surface area contributed by atoms with E-state index >= 15 is 0 Å². The highest BCUT2D eigenvalue weighted by Gasteiger charge is 2.28. The van der Waals surface area contributed by atoms with Gasteiger partial charge in [-0.1, -0.05) is 12.1 Å². The van der Waals surface area contributed by atoms with Gasteiger partial charge in [0.05, 0.1) is 4.90 Å². The van der Waals surface area contributed by atoms with E-state index in [0.29, 0.717) is 10.9 Å². The molecule has 9 nitrogen and oxygen atoms in total. The van der Waals surface area contributed by atoms with E-state index in [0.717, 1.165) is 12.8 Å². The number of benzene rings is 2. The molecule has 0 aliphatic heterocycles. The monoisotopic (exact) mass is 426 g/mol. The van der Waals surface area contributed by atoms with E-state index in [1.165, 1.54) is 30.5 Å². The first-order valence-corrected chi connectivity index (χ1v) is 10.7. The number of carbonyl (C=O) groups is 2. The average molecular weight is 426 g/mol. The number of nitrogens with one attached hydrogen (secondary N) is 4. The van der Waals surface area contributed by atoms with E-state index in [4.69, 9.17) is 0 Å². The van der Waals surface area contributed by atoms with Gasteiger partial charge in [0.15, 0.2) is 0 Å². The average Bonchev–Trinajstić information content (AvgIpc) is 3.55. The topological polar surface area (TPSA) is 137 Å². The molecule has 1 fully saturated rings. The maximum absolute atomic E-state index is 12.4. The Morgan fingerprint density at radius 3 is 2.30 bits per heavy atom. The van der Waals surface area contributed by atoms with Gasteiger partial charge in [-0.05, 0) is 49.2 Å². The second kappa shape index (κ2) is 7.73. The number of hydrazine groups is 1. The van der Waals surface area contributed by atoms with E-state index in [9.17, 15) is 22.8 Å². The smallest absolute Gasteiger partial charge is 0.275 e. The highest BCUT2D eigenvalue weighted by molar-refractivity contribution is 7.89. The van der Waals surface area contributed by atoms with Crippen LogP contribution < -0.4 is 21.0 Å². The van der Waals surface area contributed by atoms with E-state index in [2.05, 4.69) is 20.6 Å². The van der Waals surface area contributed by atoms with Crippen LogP contribution in [0.25, 0.3) is 10.9 Å². The summed E-state index contributed by atoms with van der Waals surface area (Å²) in [6.07, 6.45) is 2.91. The lowest BCUT2D eigenvalue weighted by molar-refractivity contribution is 0.0846. The Hall–Kier alpha value is -3.50. The molecule has 30 heavy (non-hydrogen) atoms. The van der Waals surface area contributed by atoms with Crippen LogP contribution in [0.1, 0.15) is 33.6 Å². The molecule has 0 unspecified atom stereocenters. The number of carbonyl (C=O) groups excluding carboxylic acids is 2. The van der Waals surface area contributed by atoms with Crippen LogP contribution in [0.15, 0.2) is 64.4 Å². The van der Waals surface area contributed by atoms with Crippen LogP contribution in [0.5, 0.6) is 0 Å². The molecule has 1 aliphatic carbocycles. The van der Waals surface area contributed by atoms with Crippen molar-refractivity contribution in [3.8, 4) is 0 Å². The van der Waals surface area contributed by atoms with Crippen molar-refractivity contribution in [2.24, 2.45) is 0 Å². The SMILES string of the molecule is O=C(NNC(=O)c1c[nH]c2ccccc2c1=O)c1ccc(S(=O)(=O)NC2CC2)cc1. The Morgan fingerprint density at radius 1 is 0.933 bits per heavy atom. The van der Waals surface area contributed by atoms with Crippen LogP contribution >= 0.6 is 0 Å². The fraction of sp³-hybridized carbons (Fsp3) is 0.150. The van der Waals surface area contributed by atoms with Crippen LogP contribution in [0.2, 0.25) is 0 Å². The summed E-state index contributed by atoms with van der Waals surface area (Å²) >= 11 is 0. The second-order valence-corrected chi connectivity index (χ2v) is 8.62. The number of pyridine rings is 1. The molecule has 0 atom stereocenters. The summed E-state index contributed by atoms with van der Waals surface area (Å²) in [7, 11) is -3.61. The van der Waals surface area contributed by atoms with Crippen LogP contribution in [-0.2, 0) is 10.0 Å². The fourth-order valence-corrected chi connectivity index (χ4v) is 4.17. The summed E-state index contributed by atoms with van der Waals surface area (Å²) in [6, 6.07) is 12.0. The Labute approximate surface area is 171 Å². The third-order valence-corrected chi connectivity index (χ3v) is 6.18. The molecule has 0 bridgehead atoms. The molecule has 154 valence electrons. The number of sulfonamides is 1. The Morgan fingerprint density at radius 2 is 1.60 bits per heavy atom. The maximum atomic E-state index is 12.4. The number of para-hydroxylation sites is 1. The molecule has 0 radical (unpaired) electrons. The van der Waals surface area contributed by atoms with Crippen LogP contribution in [-0.4, -0.2) is 31.3 Å². The lowest BCUT2D eigenvalue weighted by Crippen LogP contribution is -2.43. The second-order valence-electron chi connectivity index (χ2n) is 6.91. The van der Waals surface area contributed by atoms with Gasteiger partial charge < -0.3 is 4.98 Å². The summed E-state index contributed by atoms with van der Waals surface area (Å²) in [4.78, 5) is 39.9. The van der Waals surface area contributed by atoms with Crippen LogP contribution in [0.3, 0.4) is 0 Å². The first kappa shape index (κ1) is 19.8. The van der Waals surface area contributed by atoms with Crippen molar-refractivity contribution in [1.29, 1.82) is 0 Å². The van der Waals surface area contributed by atoms with E-state index in [-0.39, 0.29) is 22.1 Å². The fourth-order valence-electron chi connectivity index (χ4n) is 2.86. The summed E-state index contributed by atoms with van der Waals surface area (Å²) in [5.41, 5.74) is 4.53. The Balaban J connectivity index is 1.42. The van der Waals surface area contributed by atoms with Gasteiger partial charge in [-0.25, -0.2) is 13.1 Å². The number of hydrogen-bond donors (Lipinski definition) is 4. The number of rotatable bonds is 5. The molecule has 4 N–H and O–H groups in total. The van der Waals surface area contributed by atoms with E-state index < -0.39 is 27.3 Å². The molecule has 4 rings (SSSR count). The minimum atomic E-state index is -3.61. The summed E-state index contributed by atoms with van der Waals surface area (Å²) in [5, 5.41) is 0.355. The van der Waals surface area contributed by atoms with Crippen molar-refractivity contribution in [2.75, 3.05) is 0 Å². The van der Waals surface area contributed by atoms with Crippen molar-refractivity contribution in [1.82, 2.24) is 20.6 Å². The third kappa shape index (κ3) is 4.09. The van der Waals surface area contributed by atoms with Gasteiger partial charge in [-0.3, -0.25) is 25.2 Å². The summed E-state index contributed by atoms with van der Waals surface area (Å²) < 4.78 is 26.9. The number of aromatic nitrogens is 1. The van der Waals surface area contributed by atoms with Gasteiger partial charge >= 0.3 is 0 Å². The molecule has 1 heterocycles. The number of fused-ring (bicyclic) bond motifs is 1.